The van der Waals surface area contributed by atoms with Crippen LogP contribution in [0.25, 0.3) is 0 Å². The van der Waals surface area contributed by atoms with Crippen molar-refractivity contribution in [1.29, 1.82) is 0 Å². The van der Waals surface area contributed by atoms with E-state index in [1.807, 2.05) is 42.5 Å². The van der Waals surface area contributed by atoms with E-state index in [4.69, 9.17) is 9.84 Å². The second-order valence-corrected chi connectivity index (χ2v) is 6.88. The lowest BCUT2D eigenvalue weighted by molar-refractivity contribution is -0.138. The largest absolute Gasteiger partial charge is 0.493 e. The summed E-state index contributed by atoms with van der Waals surface area (Å²) in [5.74, 6) is 0.607. The number of para-hydroxylation sites is 1. The fraction of sp³-hybridized carbons (Fsp3) is 0.316. The maximum atomic E-state index is 11.1. The number of ether oxygens (including phenoxy) is 1. The summed E-state index contributed by atoms with van der Waals surface area (Å²) in [5, 5.41) is 12.2. The quantitative estimate of drug-likeness (QED) is 0.754. The fourth-order valence-corrected chi connectivity index (χ4v) is 3.98. The van der Waals surface area contributed by atoms with Gasteiger partial charge in [-0.25, -0.2) is 0 Å². The molecule has 5 heteroatoms. The lowest BCUT2D eigenvalue weighted by Crippen LogP contribution is -2.33. The number of hydrogen-bond donors (Lipinski definition) is 2. The summed E-state index contributed by atoms with van der Waals surface area (Å²) >= 11 is 1.61. The number of carboxylic acids is 1. The van der Waals surface area contributed by atoms with Crippen LogP contribution in [0.5, 0.6) is 5.75 Å². The number of carbonyl (C=O) groups is 1. The molecule has 1 fully saturated rings. The maximum absolute atomic E-state index is 11.1. The Morgan fingerprint density at radius 3 is 2.67 bits per heavy atom. The van der Waals surface area contributed by atoms with Gasteiger partial charge in [-0.05, 0) is 24.5 Å². The molecule has 2 aromatic rings. The maximum Gasteiger partial charge on any atom is 0.321 e. The molecule has 2 unspecified atom stereocenters. The van der Waals surface area contributed by atoms with E-state index in [1.165, 1.54) is 5.56 Å². The second kappa shape index (κ2) is 8.22. The first-order valence-electron chi connectivity index (χ1n) is 8.10. The minimum Gasteiger partial charge on any atom is -0.493 e. The van der Waals surface area contributed by atoms with E-state index in [0.717, 1.165) is 24.2 Å². The molecule has 126 valence electrons. The number of benzene rings is 2. The monoisotopic (exact) mass is 343 g/mol. The smallest absolute Gasteiger partial charge is 0.321 e. The summed E-state index contributed by atoms with van der Waals surface area (Å²) < 4.78 is 5.97. The highest BCUT2D eigenvalue weighted by Gasteiger charge is 2.31. The first-order chi connectivity index (χ1) is 11.7. The molecular weight excluding hydrogens is 322 g/mol. The summed E-state index contributed by atoms with van der Waals surface area (Å²) in [6, 6.07) is 17.7. The molecule has 3 rings (SSSR count). The highest BCUT2D eigenvalue weighted by atomic mass is 32.2. The summed E-state index contributed by atoms with van der Waals surface area (Å²) in [6.07, 6.45) is 1.93. The number of hydrogen-bond acceptors (Lipinski definition) is 4. The Kier molecular flexibility index (Phi) is 5.77. The highest BCUT2D eigenvalue weighted by Crippen LogP contribution is 2.37. The summed E-state index contributed by atoms with van der Waals surface area (Å²) in [5.41, 5.74) is 2.33. The van der Waals surface area contributed by atoms with Crippen LogP contribution in [0.15, 0.2) is 54.6 Å². The first-order valence-corrected chi connectivity index (χ1v) is 9.15. The van der Waals surface area contributed by atoms with Crippen LogP contribution in [0.4, 0.5) is 0 Å². The molecule has 0 aliphatic carbocycles. The van der Waals surface area contributed by atoms with Gasteiger partial charge >= 0.3 is 5.97 Å². The molecular formula is C19H21NO3S. The van der Waals surface area contributed by atoms with Crippen molar-refractivity contribution in [2.45, 2.75) is 24.3 Å². The molecule has 0 bridgehead atoms. The van der Waals surface area contributed by atoms with Gasteiger partial charge < -0.3 is 9.84 Å². The van der Waals surface area contributed by atoms with Gasteiger partial charge in [0, 0.05) is 11.3 Å². The van der Waals surface area contributed by atoms with Gasteiger partial charge in [0.05, 0.1) is 12.0 Å². The van der Waals surface area contributed by atoms with Crippen molar-refractivity contribution in [3.8, 4) is 5.75 Å². The second-order valence-electron chi connectivity index (χ2n) is 5.75. The van der Waals surface area contributed by atoms with Crippen molar-refractivity contribution in [3.63, 3.8) is 0 Å². The SMILES string of the molecule is O=C(O)C1CSC(c2ccccc2OCCCc2ccccc2)N1. The molecule has 2 aromatic carbocycles. The number of thioether (sulfide) groups is 1. The van der Waals surface area contributed by atoms with E-state index in [-0.39, 0.29) is 5.37 Å². The number of aryl methyl sites for hydroxylation is 1. The van der Waals surface area contributed by atoms with Crippen LogP contribution in [0, 0.1) is 0 Å². The Labute approximate surface area is 146 Å². The average Bonchev–Trinajstić information content (AvgIpc) is 3.10. The zero-order chi connectivity index (χ0) is 16.8. The highest BCUT2D eigenvalue weighted by molar-refractivity contribution is 7.99. The van der Waals surface area contributed by atoms with Gasteiger partial charge in [0.2, 0.25) is 0 Å². The van der Waals surface area contributed by atoms with Crippen LogP contribution in [-0.2, 0) is 11.2 Å². The van der Waals surface area contributed by atoms with Crippen molar-refractivity contribution < 1.29 is 14.6 Å². The van der Waals surface area contributed by atoms with E-state index >= 15 is 0 Å². The van der Waals surface area contributed by atoms with Crippen LogP contribution >= 0.6 is 11.8 Å². The van der Waals surface area contributed by atoms with Gasteiger partial charge in [-0.3, -0.25) is 10.1 Å². The summed E-state index contributed by atoms with van der Waals surface area (Å²) in [6.45, 7) is 0.644. The lowest BCUT2D eigenvalue weighted by atomic mass is 10.1. The zero-order valence-electron chi connectivity index (χ0n) is 13.4. The Morgan fingerprint density at radius 2 is 1.92 bits per heavy atom. The molecule has 0 spiro atoms. The zero-order valence-corrected chi connectivity index (χ0v) is 14.2. The first kappa shape index (κ1) is 16.9. The van der Waals surface area contributed by atoms with E-state index in [9.17, 15) is 4.79 Å². The molecule has 0 radical (unpaired) electrons. The number of aliphatic carboxylic acids is 1. The molecule has 0 amide bonds. The minimum absolute atomic E-state index is 0.0311. The lowest BCUT2D eigenvalue weighted by Gasteiger charge is -2.16. The third kappa shape index (κ3) is 4.30. The molecule has 2 N–H and O–H groups in total. The van der Waals surface area contributed by atoms with Crippen molar-refractivity contribution >= 4 is 17.7 Å². The molecule has 0 aromatic heterocycles. The molecule has 0 saturated carbocycles. The molecule has 1 aliphatic heterocycles. The number of carboxylic acid groups (broad SMARTS) is 1. The Balaban J connectivity index is 1.55. The fourth-order valence-electron chi connectivity index (χ4n) is 2.73. The Hall–Kier alpha value is -1.98. The van der Waals surface area contributed by atoms with Crippen LogP contribution in [-0.4, -0.2) is 29.5 Å². The molecule has 1 heterocycles. The molecule has 4 nitrogen and oxygen atoms in total. The van der Waals surface area contributed by atoms with Gasteiger partial charge in [-0.15, -0.1) is 11.8 Å². The molecule has 1 saturated heterocycles. The number of nitrogens with one attached hydrogen (secondary N) is 1. The molecule has 1 aliphatic rings. The third-order valence-corrected chi connectivity index (χ3v) is 5.24. The van der Waals surface area contributed by atoms with Gasteiger partial charge in [-0.2, -0.15) is 0 Å². The van der Waals surface area contributed by atoms with Crippen molar-refractivity contribution in [3.05, 3.63) is 65.7 Å². The average molecular weight is 343 g/mol. The van der Waals surface area contributed by atoms with Gasteiger partial charge in [0.1, 0.15) is 11.8 Å². The van der Waals surface area contributed by atoms with Crippen LogP contribution < -0.4 is 10.1 Å². The van der Waals surface area contributed by atoms with E-state index in [2.05, 4.69) is 17.4 Å². The Morgan fingerprint density at radius 1 is 1.17 bits per heavy atom. The van der Waals surface area contributed by atoms with Crippen molar-refractivity contribution in [2.75, 3.05) is 12.4 Å². The van der Waals surface area contributed by atoms with Gasteiger partial charge in [-0.1, -0.05) is 48.5 Å². The Bertz CT molecular complexity index is 677. The van der Waals surface area contributed by atoms with Crippen LogP contribution in [0.1, 0.15) is 22.9 Å². The predicted octanol–water partition coefficient (Wildman–Crippen LogP) is 3.49. The standard InChI is InChI=1S/C19H21NO3S/c21-19(22)16-13-24-18(20-16)15-10-4-5-11-17(15)23-12-6-9-14-7-2-1-3-8-14/h1-5,7-8,10-11,16,18,20H,6,9,12-13H2,(H,21,22). The van der Waals surface area contributed by atoms with Gasteiger partial charge in [0.25, 0.3) is 0 Å². The summed E-state index contributed by atoms with van der Waals surface area (Å²) in [7, 11) is 0. The topological polar surface area (TPSA) is 58.6 Å². The molecule has 24 heavy (non-hydrogen) atoms. The van der Waals surface area contributed by atoms with Crippen molar-refractivity contribution in [1.82, 2.24) is 5.32 Å². The van der Waals surface area contributed by atoms with Crippen LogP contribution in [0.2, 0.25) is 0 Å². The van der Waals surface area contributed by atoms with Gasteiger partial charge in [0.15, 0.2) is 0 Å². The van der Waals surface area contributed by atoms with Crippen molar-refractivity contribution in [2.24, 2.45) is 0 Å². The third-order valence-electron chi connectivity index (χ3n) is 3.99. The van der Waals surface area contributed by atoms with E-state index < -0.39 is 12.0 Å². The van der Waals surface area contributed by atoms with E-state index in [1.54, 1.807) is 11.8 Å². The van der Waals surface area contributed by atoms with Crippen LogP contribution in [0.3, 0.4) is 0 Å². The predicted molar refractivity (Wildman–Crippen MR) is 96.5 cm³/mol. The normalized spacial score (nSPS) is 20.0. The summed E-state index contributed by atoms with van der Waals surface area (Å²) in [4.78, 5) is 11.1. The van der Waals surface area contributed by atoms with E-state index in [0.29, 0.717) is 12.4 Å². The number of rotatable bonds is 7. The minimum atomic E-state index is -0.800. The molecule has 2 atom stereocenters.